The third kappa shape index (κ3) is 2.69. The van der Waals surface area contributed by atoms with Crippen molar-refractivity contribution in [1.29, 1.82) is 0 Å². The Balaban J connectivity index is 1.92. The van der Waals surface area contributed by atoms with Gasteiger partial charge in [-0.3, -0.25) is 14.6 Å². The number of nitrogens with one attached hydrogen (secondary N) is 1. The Morgan fingerprint density at radius 3 is 2.86 bits per heavy atom. The molecule has 6 heteroatoms. The number of hydrogen-bond acceptors (Lipinski definition) is 4. The first kappa shape index (κ1) is 13.5. The van der Waals surface area contributed by atoms with Gasteiger partial charge in [0.2, 0.25) is 0 Å². The van der Waals surface area contributed by atoms with E-state index in [4.69, 9.17) is 0 Å². The van der Waals surface area contributed by atoms with E-state index in [1.54, 1.807) is 36.4 Å². The number of carbonyl (C=O) groups excluding carboxylic acids is 1. The second-order valence-electron chi connectivity index (χ2n) is 5.16. The van der Waals surface area contributed by atoms with Crippen LogP contribution in [0.2, 0.25) is 0 Å². The molecule has 0 bridgehead atoms. The molecule has 1 fully saturated rings. The molecule has 3 heterocycles. The zero-order valence-electron chi connectivity index (χ0n) is 11.7. The minimum Gasteiger partial charge on any atom is -0.328 e. The van der Waals surface area contributed by atoms with Crippen LogP contribution in [0, 0.1) is 6.92 Å². The van der Waals surface area contributed by atoms with Gasteiger partial charge in [-0.05, 0) is 31.9 Å². The summed E-state index contributed by atoms with van der Waals surface area (Å²) in [5.74, 6) is 0.518. The molecule has 2 aromatic rings. The summed E-state index contributed by atoms with van der Waals surface area (Å²) in [5.41, 5.74) is 1.09. The van der Waals surface area contributed by atoms with Crippen LogP contribution in [0.15, 0.2) is 35.4 Å². The van der Waals surface area contributed by atoms with Crippen LogP contribution in [0.3, 0.4) is 0 Å². The number of likely N-dealkylation sites (tertiary alicyclic amines) is 1. The highest BCUT2D eigenvalue weighted by atomic mass is 16.2. The van der Waals surface area contributed by atoms with Crippen LogP contribution in [0.25, 0.3) is 0 Å². The first-order chi connectivity index (χ1) is 10.1. The molecule has 6 nitrogen and oxygen atoms in total. The van der Waals surface area contributed by atoms with Gasteiger partial charge < -0.3 is 9.88 Å². The highest BCUT2D eigenvalue weighted by Crippen LogP contribution is 2.30. The predicted octanol–water partition coefficient (Wildman–Crippen LogP) is 1.45. The van der Waals surface area contributed by atoms with Crippen molar-refractivity contribution in [3.05, 3.63) is 58.0 Å². The molecule has 2 aromatic heterocycles. The Morgan fingerprint density at radius 2 is 2.14 bits per heavy atom. The molecular formula is C15H16N4O2. The molecule has 1 aliphatic rings. The van der Waals surface area contributed by atoms with Crippen LogP contribution >= 0.6 is 0 Å². The SMILES string of the molecule is Cc1cc(=O)[nH]c([C@H]2CCCN2C(=O)c2ccncc2)n1. The van der Waals surface area contributed by atoms with Gasteiger partial charge in [-0.15, -0.1) is 0 Å². The topological polar surface area (TPSA) is 79.0 Å². The summed E-state index contributed by atoms with van der Waals surface area (Å²) < 4.78 is 0. The second kappa shape index (κ2) is 5.47. The summed E-state index contributed by atoms with van der Waals surface area (Å²) in [6.45, 7) is 2.45. The van der Waals surface area contributed by atoms with E-state index in [0.29, 0.717) is 23.6 Å². The quantitative estimate of drug-likeness (QED) is 0.905. The first-order valence-electron chi connectivity index (χ1n) is 6.94. The van der Waals surface area contributed by atoms with Gasteiger partial charge in [-0.1, -0.05) is 0 Å². The molecular weight excluding hydrogens is 268 g/mol. The minimum absolute atomic E-state index is 0.0518. The lowest BCUT2D eigenvalue weighted by Gasteiger charge is -2.24. The summed E-state index contributed by atoms with van der Waals surface area (Å²) >= 11 is 0. The maximum absolute atomic E-state index is 12.6. The van der Waals surface area contributed by atoms with Gasteiger partial charge in [-0.2, -0.15) is 0 Å². The number of pyridine rings is 1. The molecule has 0 aromatic carbocycles. The van der Waals surface area contributed by atoms with Gasteiger partial charge in [0.1, 0.15) is 5.82 Å². The molecule has 3 rings (SSSR count). The molecule has 0 spiro atoms. The standard InChI is InChI=1S/C15H16N4O2/c1-10-9-13(20)18-14(17-10)12-3-2-8-19(12)15(21)11-4-6-16-7-5-11/h4-7,9,12H,2-3,8H2,1H3,(H,17,18,20)/t12-/m1/s1. The largest absolute Gasteiger partial charge is 0.328 e. The van der Waals surface area contributed by atoms with Gasteiger partial charge in [0.25, 0.3) is 11.5 Å². The monoisotopic (exact) mass is 284 g/mol. The van der Waals surface area contributed by atoms with Crippen LogP contribution in [0.1, 0.15) is 40.8 Å². The van der Waals surface area contributed by atoms with E-state index in [1.807, 2.05) is 0 Å². The zero-order chi connectivity index (χ0) is 14.8. The van der Waals surface area contributed by atoms with E-state index in [1.165, 1.54) is 6.07 Å². The molecule has 0 unspecified atom stereocenters. The molecule has 1 N–H and O–H groups in total. The van der Waals surface area contributed by atoms with Crippen molar-refractivity contribution < 1.29 is 4.79 Å². The Labute approximate surface area is 121 Å². The summed E-state index contributed by atoms with van der Waals surface area (Å²) in [4.78, 5) is 37.0. The van der Waals surface area contributed by atoms with Crippen molar-refractivity contribution in [1.82, 2.24) is 19.9 Å². The predicted molar refractivity (Wildman–Crippen MR) is 76.8 cm³/mol. The molecule has 1 atom stereocenters. The van der Waals surface area contributed by atoms with Crippen LogP contribution in [0.4, 0.5) is 0 Å². The Morgan fingerprint density at radius 1 is 1.38 bits per heavy atom. The van der Waals surface area contributed by atoms with Crippen LogP contribution in [0.5, 0.6) is 0 Å². The molecule has 21 heavy (non-hydrogen) atoms. The fourth-order valence-electron chi connectivity index (χ4n) is 2.71. The van der Waals surface area contributed by atoms with Gasteiger partial charge in [-0.25, -0.2) is 4.98 Å². The number of aromatic amines is 1. The number of aromatic nitrogens is 3. The van der Waals surface area contributed by atoms with Crippen molar-refractivity contribution in [2.24, 2.45) is 0 Å². The number of carbonyl (C=O) groups is 1. The van der Waals surface area contributed by atoms with E-state index >= 15 is 0 Å². The lowest BCUT2D eigenvalue weighted by atomic mass is 10.1. The number of H-pyrrole nitrogens is 1. The number of nitrogens with zero attached hydrogens (tertiary/aromatic N) is 3. The molecule has 0 radical (unpaired) electrons. The average Bonchev–Trinajstić information content (AvgIpc) is 2.96. The van der Waals surface area contributed by atoms with Crippen LogP contribution in [-0.4, -0.2) is 32.3 Å². The van der Waals surface area contributed by atoms with Crippen molar-refractivity contribution in [3.8, 4) is 0 Å². The van der Waals surface area contributed by atoms with E-state index in [-0.39, 0.29) is 17.5 Å². The summed E-state index contributed by atoms with van der Waals surface area (Å²) in [7, 11) is 0. The first-order valence-corrected chi connectivity index (χ1v) is 6.94. The van der Waals surface area contributed by atoms with Gasteiger partial charge in [0, 0.05) is 36.3 Å². The normalized spacial score (nSPS) is 18.0. The van der Waals surface area contributed by atoms with E-state index < -0.39 is 0 Å². The van der Waals surface area contributed by atoms with Crippen molar-refractivity contribution in [2.45, 2.75) is 25.8 Å². The Kier molecular flexibility index (Phi) is 3.51. The third-order valence-corrected chi connectivity index (χ3v) is 3.64. The number of aryl methyl sites for hydroxylation is 1. The van der Waals surface area contributed by atoms with E-state index in [0.717, 1.165) is 12.8 Å². The summed E-state index contributed by atoms with van der Waals surface area (Å²) in [5, 5.41) is 0. The van der Waals surface area contributed by atoms with Crippen LogP contribution < -0.4 is 5.56 Å². The second-order valence-corrected chi connectivity index (χ2v) is 5.16. The fourth-order valence-corrected chi connectivity index (χ4v) is 2.71. The van der Waals surface area contributed by atoms with E-state index in [9.17, 15) is 9.59 Å². The molecule has 0 saturated carbocycles. The van der Waals surface area contributed by atoms with Crippen molar-refractivity contribution >= 4 is 5.91 Å². The maximum Gasteiger partial charge on any atom is 0.254 e. The lowest BCUT2D eigenvalue weighted by Crippen LogP contribution is -2.32. The Hall–Kier alpha value is -2.50. The minimum atomic E-state index is -0.180. The average molecular weight is 284 g/mol. The van der Waals surface area contributed by atoms with Gasteiger partial charge in [0.15, 0.2) is 0 Å². The zero-order valence-corrected chi connectivity index (χ0v) is 11.7. The summed E-state index contributed by atoms with van der Waals surface area (Å²) in [6, 6.07) is 4.68. The number of hydrogen-bond donors (Lipinski definition) is 1. The highest BCUT2D eigenvalue weighted by molar-refractivity contribution is 5.94. The smallest absolute Gasteiger partial charge is 0.254 e. The lowest BCUT2D eigenvalue weighted by molar-refractivity contribution is 0.0729. The maximum atomic E-state index is 12.6. The number of amides is 1. The summed E-state index contributed by atoms with van der Waals surface area (Å²) in [6.07, 6.45) is 4.92. The van der Waals surface area contributed by atoms with Crippen LogP contribution in [-0.2, 0) is 0 Å². The highest BCUT2D eigenvalue weighted by Gasteiger charge is 2.32. The molecule has 1 amide bonds. The Bertz CT molecular complexity index is 711. The van der Waals surface area contributed by atoms with E-state index in [2.05, 4.69) is 15.0 Å². The fraction of sp³-hybridized carbons (Fsp3) is 0.333. The third-order valence-electron chi connectivity index (χ3n) is 3.64. The van der Waals surface area contributed by atoms with Gasteiger partial charge >= 0.3 is 0 Å². The molecule has 1 aliphatic heterocycles. The van der Waals surface area contributed by atoms with Crippen molar-refractivity contribution in [3.63, 3.8) is 0 Å². The number of rotatable bonds is 2. The molecule has 0 aliphatic carbocycles. The molecule has 108 valence electrons. The molecule has 1 saturated heterocycles. The van der Waals surface area contributed by atoms with Gasteiger partial charge in [0.05, 0.1) is 6.04 Å². The van der Waals surface area contributed by atoms with Crippen molar-refractivity contribution in [2.75, 3.05) is 6.54 Å².